The summed E-state index contributed by atoms with van der Waals surface area (Å²) in [6.07, 6.45) is 2.37. The Morgan fingerprint density at radius 1 is 1.60 bits per heavy atom. The predicted octanol–water partition coefficient (Wildman–Crippen LogP) is 2.70. The Morgan fingerprint density at radius 3 is 3.00 bits per heavy atom. The van der Waals surface area contributed by atoms with Crippen molar-refractivity contribution in [2.75, 3.05) is 7.11 Å². The molecule has 2 aromatic rings. The van der Waals surface area contributed by atoms with E-state index in [1.165, 1.54) is 7.11 Å². The van der Waals surface area contributed by atoms with Crippen molar-refractivity contribution in [1.29, 1.82) is 0 Å². The molecule has 0 bridgehead atoms. The lowest BCUT2D eigenvalue weighted by Crippen LogP contribution is -1.98. The van der Waals surface area contributed by atoms with E-state index in [0.717, 1.165) is 17.8 Å². The van der Waals surface area contributed by atoms with E-state index in [-0.39, 0.29) is 5.75 Å². The van der Waals surface area contributed by atoms with Crippen LogP contribution in [0.25, 0.3) is 0 Å². The summed E-state index contributed by atoms with van der Waals surface area (Å²) in [5.74, 6) is 1.29. The summed E-state index contributed by atoms with van der Waals surface area (Å²) in [5.41, 5.74) is 0.800. The number of rotatable bonds is 4. The van der Waals surface area contributed by atoms with Gasteiger partial charge in [-0.05, 0) is 52.5 Å². The van der Waals surface area contributed by atoms with Gasteiger partial charge < -0.3 is 9.84 Å². The van der Waals surface area contributed by atoms with Gasteiger partial charge in [0.25, 0.3) is 0 Å². The Labute approximate surface area is 134 Å². The highest BCUT2D eigenvalue weighted by Crippen LogP contribution is 2.31. The number of hydrogen-bond donors (Lipinski definition) is 2. The summed E-state index contributed by atoms with van der Waals surface area (Å²) in [4.78, 5) is 0. The number of phenols is 1. The Morgan fingerprint density at radius 2 is 2.35 bits per heavy atom. The van der Waals surface area contributed by atoms with Gasteiger partial charge in [-0.1, -0.05) is 6.92 Å². The van der Waals surface area contributed by atoms with Crippen LogP contribution in [-0.2, 0) is 6.42 Å². The van der Waals surface area contributed by atoms with Crippen molar-refractivity contribution < 1.29 is 9.84 Å². The highest BCUT2D eigenvalue weighted by atomic mass is 127. The first-order valence-corrected chi connectivity index (χ1v) is 7.32. The van der Waals surface area contributed by atoms with Crippen LogP contribution in [0.1, 0.15) is 18.3 Å². The van der Waals surface area contributed by atoms with E-state index >= 15 is 0 Å². The number of aromatic nitrogens is 3. The van der Waals surface area contributed by atoms with Gasteiger partial charge in [0.05, 0.1) is 16.9 Å². The van der Waals surface area contributed by atoms with Gasteiger partial charge in [0.15, 0.2) is 17.3 Å². The fraction of sp³-hybridized carbons (Fsp3) is 0.250. The molecule has 0 saturated carbocycles. The van der Waals surface area contributed by atoms with Crippen LogP contribution in [0, 0.1) is 8.34 Å². The van der Waals surface area contributed by atoms with Crippen LogP contribution >= 0.6 is 34.8 Å². The average molecular weight is 404 g/mol. The number of nitrogens with one attached hydrogen (secondary N) is 1. The van der Waals surface area contributed by atoms with Gasteiger partial charge in [-0.25, -0.2) is 0 Å². The maximum Gasteiger partial charge on any atom is 0.216 e. The van der Waals surface area contributed by atoms with Crippen LogP contribution in [0.4, 0.5) is 0 Å². The third-order valence-electron chi connectivity index (χ3n) is 2.63. The van der Waals surface area contributed by atoms with Gasteiger partial charge in [0.2, 0.25) is 4.77 Å². The highest BCUT2D eigenvalue weighted by molar-refractivity contribution is 14.1. The van der Waals surface area contributed by atoms with Gasteiger partial charge in [0, 0.05) is 6.42 Å². The van der Waals surface area contributed by atoms with Crippen LogP contribution in [0.15, 0.2) is 17.2 Å². The lowest BCUT2D eigenvalue weighted by Gasteiger charge is -2.06. The van der Waals surface area contributed by atoms with Crippen molar-refractivity contribution in [3.8, 4) is 11.5 Å². The van der Waals surface area contributed by atoms with E-state index in [9.17, 15) is 5.11 Å². The molecule has 0 aliphatic rings. The maximum absolute atomic E-state index is 9.79. The van der Waals surface area contributed by atoms with Gasteiger partial charge in [-0.2, -0.15) is 14.9 Å². The molecule has 0 saturated heterocycles. The molecule has 1 aromatic heterocycles. The van der Waals surface area contributed by atoms with Crippen molar-refractivity contribution in [2.24, 2.45) is 5.10 Å². The monoisotopic (exact) mass is 404 g/mol. The second-order valence-electron chi connectivity index (χ2n) is 3.91. The summed E-state index contributed by atoms with van der Waals surface area (Å²) in [6, 6.07) is 3.51. The molecule has 1 aromatic carbocycles. The SMILES string of the molecule is CCc1n[nH]c(=S)n1/N=C\c1cc(I)c(O)c(OC)c1. The number of ether oxygens (including phenoxy) is 1. The molecule has 0 radical (unpaired) electrons. The minimum Gasteiger partial charge on any atom is -0.504 e. The molecule has 1 heterocycles. The van der Waals surface area contributed by atoms with Crippen molar-refractivity contribution in [3.05, 3.63) is 31.9 Å². The number of hydrogen-bond acceptors (Lipinski definition) is 5. The van der Waals surface area contributed by atoms with Crippen molar-refractivity contribution in [1.82, 2.24) is 14.9 Å². The van der Waals surface area contributed by atoms with E-state index in [1.54, 1.807) is 23.0 Å². The molecule has 0 aliphatic heterocycles. The zero-order chi connectivity index (χ0) is 14.7. The third kappa shape index (κ3) is 3.01. The first-order valence-electron chi connectivity index (χ1n) is 5.84. The summed E-state index contributed by atoms with van der Waals surface area (Å²) in [6.45, 7) is 1.98. The van der Waals surface area contributed by atoms with Crippen molar-refractivity contribution in [3.63, 3.8) is 0 Å². The topological polar surface area (TPSA) is 75.4 Å². The first-order chi connectivity index (χ1) is 9.56. The Bertz CT molecular complexity index is 708. The predicted molar refractivity (Wildman–Crippen MR) is 87.2 cm³/mol. The third-order valence-corrected chi connectivity index (χ3v) is 3.71. The number of aromatic hydroxyl groups is 1. The number of aromatic amines is 1. The van der Waals surface area contributed by atoms with Crippen LogP contribution < -0.4 is 4.74 Å². The van der Waals surface area contributed by atoms with E-state index in [4.69, 9.17) is 17.0 Å². The Kier molecular flexibility index (Phi) is 4.76. The number of methoxy groups -OCH3 is 1. The van der Waals surface area contributed by atoms with E-state index in [0.29, 0.717) is 14.1 Å². The molecule has 0 unspecified atom stereocenters. The number of benzene rings is 1. The molecular weight excluding hydrogens is 391 g/mol. The maximum atomic E-state index is 9.79. The lowest BCUT2D eigenvalue weighted by molar-refractivity contribution is 0.371. The number of nitrogens with zero attached hydrogens (tertiary/aromatic N) is 3. The highest BCUT2D eigenvalue weighted by Gasteiger charge is 2.08. The quantitative estimate of drug-likeness (QED) is 0.467. The summed E-state index contributed by atoms with van der Waals surface area (Å²) >= 11 is 7.15. The normalized spacial score (nSPS) is 11.2. The van der Waals surface area contributed by atoms with Crippen LogP contribution in [0.5, 0.6) is 11.5 Å². The second-order valence-corrected chi connectivity index (χ2v) is 5.46. The Hall–Kier alpha value is -1.42. The van der Waals surface area contributed by atoms with Crippen molar-refractivity contribution >= 4 is 41.0 Å². The van der Waals surface area contributed by atoms with Crippen LogP contribution in [-0.4, -0.2) is 33.3 Å². The van der Waals surface area contributed by atoms with Crippen LogP contribution in [0.2, 0.25) is 0 Å². The molecule has 8 heteroatoms. The zero-order valence-corrected chi connectivity index (χ0v) is 13.9. The van der Waals surface area contributed by atoms with E-state index in [2.05, 4.69) is 15.3 Å². The van der Waals surface area contributed by atoms with E-state index in [1.807, 2.05) is 29.5 Å². The minimum atomic E-state index is 0.124. The molecule has 6 nitrogen and oxygen atoms in total. The second kappa shape index (κ2) is 6.35. The fourth-order valence-electron chi connectivity index (χ4n) is 1.62. The van der Waals surface area contributed by atoms with Gasteiger partial charge >= 0.3 is 0 Å². The molecule has 20 heavy (non-hydrogen) atoms. The molecule has 0 aliphatic carbocycles. The number of H-pyrrole nitrogens is 1. The molecule has 0 atom stereocenters. The van der Waals surface area contributed by atoms with Gasteiger partial charge in [-0.3, -0.25) is 5.10 Å². The molecule has 0 amide bonds. The standard InChI is InChI=1S/C12H13IN4O2S/c1-3-10-15-16-12(20)17(10)14-6-7-4-8(13)11(18)9(5-7)19-2/h4-6,18H,3H2,1-2H3,(H,16,20)/b14-6-. The first kappa shape index (κ1) is 15.0. The molecule has 0 fully saturated rings. The summed E-state index contributed by atoms with van der Waals surface area (Å²) in [7, 11) is 1.51. The average Bonchev–Trinajstić information content (AvgIpc) is 2.80. The van der Waals surface area contributed by atoms with Crippen LogP contribution in [0.3, 0.4) is 0 Å². The molecule has 2 rings (SSSR count). The molecule has 2 N–H and O–H groups in total. The van der Waals surface area contributed by atoms with E-state index < -0.39 is 0 Å². The molecule has 0 spiro atoms. The summed E-state index contributed by atoms with van der Waals surface area (Å²) < 4.78 is 7.81. The lowest BCUT2D eigenvalue weighted by atomic mass is 10.2. The van der Waals surface area contributed by atoms with Crippen molar-refractivity contribution in [2.45, 2.75) is 13.3 Å². The largest absolute Gasteiger partial charge is 0.504 e. The van der Waals surface area contributed by atoms with Gasteiger partial charge in [-0.15, -0.1) is 0 Å². The van der Waals surface area contributed by atoms with Gasteiger partial charge in [0.1, 0.15) is 0 Å². The number of halogens is 1. The Balaban J connectivity index is 2.39. The number of aryl methyl sites for hydroxylation is 1. The summed E-state index contributed by atoms with van der Waals surface area (Å²) in [5, 5.41) is 20.9. The number of phenolic OH excluding ortho intramolecular Hbond substituents is 1. The molecular formula is C12H13IN4O2S. The fourth-order valence-corrected chi connectivity index (χ4v) is 2.44. The molecule has 106 valence electrons. The zero-order valence-electron chi connectivity index (χ0n) is 10.9. The smallest absolute Gasteiger partial charge is 0.216 e. The minimum absolute atomic E-state index is 0.124.